The third-order valence-electron chi connectivity index (χ3n) is 2.39. The van der Waals surface area contributed by atoms with Crippen molar-refractivity contribution < 1.29 is 18.3 Å². The monoisotopic (exact) mass is 297 g/mol. The Morgan fingerprint density at radius 1 is 1.15 bits per heavy atom. The van der Waals surface area contributed by atoms with Crippen molar-refractivity contribution in [1.29, 1.82) is 0 Å². The van der Waals surface area contributed by atoms with Gasteiger partial charge in [-0.25, -0.2) is 8.78 Å². The van der Waals surface area contributed by atoms with E-state index in [-0.39, 0.29) is 12.3 Å². The first-order chi connectivity index (χ1) is 9.54. The summed E-state index contributed by atoms with van der Waals surface area (Å²) in [5, 5.41) is 2.64. The van der Waals surface area contributed by atoms with Crippen LogP contribution in [0.3, 0.4) is 0 Å². The highest BCUT2D eigenvalue weighted by atomic mass is 35.5. The smallest absolute Gasteiger partial charge is 0.262 e. The first-order valence-electron chi connectivity index (χ1n) is 5.68. The molecule has 0 bridgehead atoms. The molecular formula is C14H10ClF2NO2. The van der Waals surface area contributed by atoms with E-state index in [0.717, 1.165) is 6.07 Å². The maximum absolute atomic E-state index is 13.4. The molecule has 1 amide bonds. The first-order valence-corrected chi connectivity index (χ1v) is 6.05. The highest BCUT2D eigenvalue weighted by Gasteiger charge is 2.08. The van der Waals surface area contributed by atoms with Crippen molar-refractivity contribution in [1.82, 2.24) is 0 Å². The topological polar surface area (TPSA) is 38.3 Å². The van der Waals surface area contributed by atoms with Gasteiger partial charge in [-0.2, -0.15) is 0 Å². The minimum Gasteiger partial charge on any atom is -0.484 e. The van der Waals surface area contributed by atoms with Crippen molar-refractivity contribution in [2.45, 2.75) is 0 Å². The Morgan fingerprint density at radius 3 is 2.55 bits per heavy atom. The summed E-state index contributed by atoms with van der Waals surface area (Å²) in [6, 6.07) is 9.03. The van der Waals surface area contributed by atoms with E-state index in [4.69, 9.17) is 16.3 Å². The standard InChI is InChI=1S/C14H10ClF2NO2/c15-9-1-6-12(17)13(7-9)18-14(19)8-20-11-4-2-10(16)3-5-11/h1-7H,8H2,(H,18,19). The van der Waals surface area contributed by atoms with Crippen LogP contribution in [-0.4, -0.2) is 12.5 Å². The third kappa shape index (κ3) is 3.93. The van der Waals surface area contributed by atoms with Crippen LogP contribution in [0.15, 0.2) is 42.5 Å². The second-order valence-electron chi connectivity index (χ2n) is 3.91. The van der Waals surface area contributed by atoms with Gasteiger partial charge in [0.1, 0.15) is 17.4 Å². The van der Waals surface area contributed by atoms with Crippen LogP contribution in [-0.2, 0) is 4.79 Å². The molecule has 0 radical (unpaired) electrons. The van der Waals surface area contributed by atoms with Gasteiger partial charge in [-0.3, -0.25) is 4.79 Å². The predicted molar refractivity (Wildman–Crippen MR) is 71.9 cm³/mol. The second-order valence-corrected chi connectivity index (χ2v) is 4.35. The molecule has 0 aromatic heterocycles. The molecule has 0 saturated carbocycles. The number of carbonyl (C=O) groups excluding carboxylic acids is 1. The first kappa shape index (κ1) is 14.3. The van der Waals surface area contributed by atoms with Crippen molar-refractivity contribution in [2.24, 2.45) is 0 Å². The van der Waals surface area contributed by atoms with Crippen LogP contribution in [0.25, 0.3) is 0 Å². The zero-order valence-corrected chi connectivity index (χ0v) is 11.0. The molecular weight excluding hydrogens is 288 g/mol. The molecule has 1 N–H and O–H groups in total. The molecule has 0 aliphatic carbocycles. The van der Waals surface area contributed by atoms with Crippen LogP contribution < -0.4 is 10.1 Å². The van der Waals surface area contributed by atoms with E-state index in [0.29, 0.717) is 10.8 Å². The lowest BCUT2D eigenvalue weighted by molar-refractivity contribution is -0.118. The number of ether oxygens (including phenoxy) is 1. The van der Waals surface area contributed by atoms with Crippen LogP contribution in [0.2, 0.25) is 5.02 Å². The molecule has 0 atom stereocenters. The number of benzene rings is 2. The van der Waals surface area contributed by atoms with E-state index in [2.05, 4.69) is 5.32 Å². The van der Waals surface area contributed by atoms with Gasteiger partial charge >= 0.3 is 0 Å². The Balaban J connectivity index is 1.92. The largest absolute Gasteiger partial charge is 0.484 e. The van der Waals surface area contributed by atoms with Gasteiger partial charge < -0.3 is 10.1 Å². The molecule has 20 heavy (non-hydrogen) atoms. The number of nitrogens with one attached hydrogen (secondary N) is 1. The lowest BCUT2D eigenvalue weighted by atomic mass is 10.3. The number of halogens is 3. The summed E-state index contributed by atoms with van der Waals surface area (Å²) in [4.78, 5) is 11.6. The fraction of sp³-hybridized carbons (Fsp3) is 0.0714. The van der Waals surface area contributed by atoms with Crippen molar-refractivity contribution in [3.63, 3.8) is 0 Å². The molecule has 0 fully saturated rings. The number of amides is 1. The minimum absolute atomic E-state index is 0.0230. The molecule has 0 spiro atoms. The van der Waals surface area contributed by atoms with Crippen LogP contribution in [0.1, 0.15) is 0 Å². The average Bonchev–Trinajstić information content (AvgIpc) is 2.42. The normalized spacial score (nSPS) is 10.2. The zero-order valence-electron chi connectivity index (χ0n) is 10.2. The molecule has 0 heterocycles. The van der Waals surface area contributed by atoms with E-state index in [1.54, 1.807) is 0 Å². The average molecular weight is 298 g/mol. The molecule has 0 aliphatic rings. The van der Waals surface area contributed by atoms with Crippen LogP contribution in [0.5, 0.6) is 5.75 Å². The van der Waals surface area contributed by atoms with Gasteiger partial charge in [-0.15, -0.1) is 0 Å². The Kier molecular flexibility index (Phi) is 4.53. The Morgan fingerprint density at radius 2 is 1.85 bits per heavy atom. The zero-order chi connectivity index (χ0) is 14.5. The molecule has 3 nitrogen and oxygen atoms in total. The summed E-state index contributed by atoms with van der Waals surface area (Å²) in [6.45, 7) is -0.322. The van der Waals surface area contributed by atoms with E-state index >= 15 is 0 Å². The highest BCUT2D eigenvalue weighted by molar-refractivity contribution is 6.30. The SMILES string of the molecule is O=C(COc1ccc(F)cc1)Nc1cc(Cl)ccc1F. The van der Waals surface area contributed by atoms with Gasteiger partial charge in [0.15, 0.2) is 6.61 Å². The fourth-order valence-electron chi connectivity index (χ4n) is 1.46. The Hall–Kier alpha value is -2.14. The van der Waals surface area contributed by atoms with Gasteiger partial charge in [0, 0.05) is 5.02 Å². The number of hydrogen-bond acceptors (Lipinski definition) is 2. The summed E-state index contributed by atoms with van der Waals surface area (Å²) in [5.74, 6) is -1.20. The van der Waals surface area contributed by atoms with Gasteiger partial charge in [0.25, 0.3) is 5.91 Å². The fourth-order valence-corrected chi connectivity index (χ4v) is 1.63. The van der Waals surface area contributed by atoms with Gasteiger partial charge in [0.05, 0.1) is 5.69 Å². The quantitative estimate of drug-likeness (QED) is 0.936. The molecule has 2 rings (SSSR count). The van der Waals surface area contributed by atoms with Crippen LogP contribution >= 0.6 is 11.6 Å². The molecule has 2 aromatic rings. The molecule has 0 saturated heterocycles. The van der Waals surface area contributed by atoms with E-state index in [1.165, 1.54) is 36.4 Å². The van der Waals surface area contributed by atoms with Crippen molar-refractivity contribution in [3.05, 3.63) is 59.1 Å². The van der Waals surface area contributed by atoms with E-state index < -0.39 is 17.5 Å². The molecule has 104 valence electrons. The van der Waals surface area contributed by atoms with E-state index in [1.807, 2.05) is 0 Å². The Labute approximate surface area is 119 Å². The van der Waals surface area contributed by atoms with Crippen LogP contribution in [0.4, 0.5) is 14.5 Å². The number of anilines is 1. The minimum atomic E-state index is -0.593. The summed E-state index contributed by atoms with van der Waals surface area (Å²) in [6.07, 6.45) is 0. The Bertz CT molecular complexity index is 617. The maximum atomic E-state index is 13.4. The third-order valence-corrected chi connectivity index (χ3v) is 2.62. The molecule has 0 unspecified atom stereocenters. The molecule has 6 heteroatoms. The number of rotatable bonds is 4. The summed E-state index contributed by atoms with van der Waals surface area (Å²) in [7, 11) is 0. The van der Waals surface area contributed by atoms with Gasteiger partial charge in [-0.05, 0) is 42.5 Å². The predicted octanol–water partition coefficient (Wildman–Crippen LogP) is 3.64. The summed E-state index contributed by atoms with van der Waals surface area (Å²) < 4.78 is 31.2. The lowest BCUT2D eigenvalue weighted by Crippen LogP contribution is -2.20. The van der Waals surface area contributed by atoms with Crippen LogP contribution in [0, 0.1) is 11.6 Å². The summed E-state index contributed by atoms with van der Waals surface area (Å²) >= 11 is 5.70. The van der Waals surface area contributed by atoms with E-state index in [9.17, 15) is 13.6 Å². The van der Waals surface area contributed by atoms with Gasteiger partial charge in [-0.1, -0.05) is 11.6 Å². The highest BCUT2D eigenvalue weighted by Crippen LogP contribution is 2.19. The van der Waals surface area contributed by atoms with Crippen molar-refractivity contribution in [3.8, 4) is 5.75 Å². The maximum Gasteiger partial charge on any atom is 0.262 e. The van der Waals surface area contributed by atoms with Crippen molar-refractivity contribution >= 4 is 23.2 Å². The summed E-state index contributed by atoms with van der Waals surface area (Å²) in [5.41, 5.74) is -0.0230. The van der Waals surface area contributed by atoms with Crippen molar-refractivity contribution in [2.75, 3.05) is 11.9 Å². The molecule has 2 aromatic carbocycles. The van der Waals surface area contributed by atoms with Gasteiger partial charge in [0.2, 0.25) is 0 Å². The molecule has 0 aliphatic heterocycles. The number of carbonyl (C=O) groups is 1. The second kappa shape index (κ2) is 6.34. The number of hydrogen-bond donors (Lipinski definition) is 1. The lowest BCUT2D eigenvalue weighted by Gasteiger charge is -2.08.